The van der Waals surface area contributed by atoms with Crippen molar-refractivity contribution in [2.45, 2.75) is 44.4 Å². The molecule has 158 valence electrons. The molecule has 0 bridgehead atoms. The molecule has 2 aliphatic rings. The number of hydrogen-bond donors (Lipinski definition) is 2. The van der Waals surface area contributed by atoms with Gasteiger partial charge in [-0.2, -0.15) is 0 Å². The summed E-state index contributed by atoms with van der Waals surface area (Å²) in [6, 6.07) is 6.11. The number of nitrogens with one attached hydrogen (secondary N) is 2. The van der Waals surface area contributed by atoms with E-state index in [2.05, 4.69) is 10.3 Å². The summed E-state index contributed by atoms with van der Waals surface area (Å²) in [7, 11) is 0. The fourth-order valence-corrected chi connectivity index (χ4v) is 4.48. The van der Waals surface area contributed by atoms with Crippen LogP contribution < -0.4 is 15.8 Å². The number of pyridine rings is 1. The van der Waals surface area contributed by atoms with Crippen LogP contribution in [0.1, 0.15) is 54.3 Å². The average molecular weight is 415 g/mol. The summed E-state index contributed by atoms with van der Waals surface area (Å²) in [5.41, 5.74) is 1.77. The van der Waals surface area contributed by atoms with E-state index in [1.165, 1.54) is 12.1 Å². The first-order valence-electron chi connectivity index (χ1n) is 10.1. The van der Waals surface area contributed by atoms with E-state index in [9.17, 15) is 23.2 Å². The third kappa shape index (κ3) is 3.86. The molecule has 1 unspecified atom stereocenters. The number of H-pyrrole nitrogens is 1. The normalized spacial score (nSPS) is 20.4. The maximum Gasteiger partial charge on any atom is 0.284 e. The Labute approximate surface area is 172 Å². The molecule has 2 aromatic rings. The number of aromatic amines is 1. The number of carbonyl (C=O) groups excluding carboxylic acids is 2. The molecule has 2 aliphatic heterocycles. The summed E-state index contributed by atoms with van der Waals surface area (Å²) < 4.78 is 28.5. The van der Waals surface area contributed by atoms with E-state index in [0.29, 0.717) is 49.3 Å². The van der Waals surface area contributed by atoms with Crippen molar-refractivity contribution in [3.05, 3.63) is 63.1 Å². The summed E-state index contributed by atoms with van der Waals surface area (Å²) in [6.07, 6.45) is 2.04. The SMILES string of the molecule is Cc1[nH]c(=O)c(F)cc1C1CCN(c2ccc(C3CCC(=O)NC3=O)cc2F)CC1. The topological polar surface area (TPSA) is 82.3 Å². The van der Waals surface area contributed by atoms with Crippen molar-refractivity contribution < 1.29 is 18.4 Å². The Morgan fingerprint density at radius 1 is 1.00 bits per heavy atom. The van der Waals surface area contributed by atoms with Gasteiger partial charge in [-0.25, -0.2) is 8.78 Å². The Morgan fingerprint density at radius 2 is 1.73 bits per heavy atom. The monoisotopic (exact) mass is 415 g/mol. The molecule has 2 fully saturated rings. The summed E-state index contributed by atoms with van der Waals surface area (Å²) in [5.74, 6) is -2.29. The highest BCUT2D eigenvalue weighted by atomic mass is 19.1. The first-order chi connectivity index (χ1) is 14.3. The number of piperidine rings is 2. The quantitative estimate of drug-likeness (QED) is 0.756. The lowest BCUT2D eigenvalue weighted by Crippen LogP contribution is -2.39. The van der Waals surface area contributed by atoms with Crippen LogP contribution >= 0.6 is 0 Å². The summed E-state index contributed by atoms with van der Waals surface area (Å²) >= 11 is 0. The third-order valence-corrected chi connectivity index (χ3v) is 6.12. The van der Waals surface area contributed by atoms with Crippen LogP contribution in [0.4, 0.5) is 14.5 Å². The Morgan fingerprint density at radius 3 is 2.40 bits per heavy atom. The van der Waals surface area contributed by atoms with Gasteiger partial charge >= 0.3 is 0 Å². The molecule has 2 N–H and O–H groups in total. The zero-order valence-electron chi connectivity index (χ0n) is 16.6. The van der Waals surface area contributed by atoms with Crippen LogP contribution in [0.2, 0.25) is 0 Å². The van der Waals surface area contributed by atoms with Gasteiger partial charge in [-0.1, -0.05) is 6.07 Å². The first kappa shape index (κ1) is 20.3. The number of aryl methyl sites for hydroxylation is 1. The Bertz CT molecular complexity index is 1060. The molecule has 0 spiro atoms. The van der Waals surface area contributed by atoms with Crippen LogP contribution in [0.5, 0.6) is 0 Å². The molecule has 0 radical (unpaired) electrons. The van der Waals surface area contributed by atoms with Gasteiger partial charge in [-0.05, 0) is 61.4 Å². The van der Waals surface area contributed by atoms with E-state index in [-0.39, 0.29) is 24.2 Å². The van der Waals surface area contributed by atoms with Gasteiger partial charge in [0.2, 0.25) is 11.8 Å². The molecule has 6 nitrogen and oxygen atoms in total. The standard InChI is InChI=1S/C22H23F2N3O3/c1-12-16(11-18(24)22(30)25-12)13-6-8-27(9-7-13)19-4-2-14(10-17(19)23)15-3-5-20(28)26-21(15)29/h2,4,10-11,13,15H,3,5-9H2,1H3,(H,25,30)(H,26,28,29). The molecule has 1 aromatic carbocycles. The second-order valence-electron chi connectivity index (χ2n) is 8.00. The number of benzene rings is 1. The number of amides is 2. The molecule has 2 amide bonds. The minimum atomic E-state index is -0.784. The molecule has 30 heavy (non-hydrogen) atoms. The van der Waals surface area contributed by atoms with Crippen molar-refractivity contribution in [3.8, 4) is 0 Å². The number of carbonyl (C=O) groups is 2. The van der Waals surface area contributed by atoms with Crippen LogP contribution in [-0.4, -0.2) is 29.9 Å². The Kier molecular flexibility index (Phi) is 5.40. The molecule has 2 saturated heterocycles. The zero-order valence-corrected chi connectivity index (χ0v) is 16.6. The van der Waals surface area contributed by atoms with Crippen molar-refractivity contribution >= 4 is 17.5 Å². The maximum absolute atomic E-state index is 14.8. The fourth-order valence-electron chi connectivity index (χ4n) is 4.48. The highest BCUT2D eigenvalue weighted by Gasteiger charge is 2.29. The van der Waals surface area contributed by atoms with Crippen molar-refractivity contribution in [1.29, 1.82) is 0 Å². The number of rotatable bonds is 3. The molecule has 4 rings (SSSR count). The van der Waals surface area contributed by atoms with Gasteiger partial charge in [0.1, 0.15) is 5.82 Å². The van der Waals surface area contributed by atoms with Crippen LogP contribution in [0.25, 0.3) is 0 Å². The largest absolute Gasteiger partial charge is 0.369 e. The number of hydrogen-bond acceptors (Lipinski definition) is 4. The van der Waals surface area contributed by atoms with Crippen molar-refractivity contribution in [3.63, 3.8) is 0 Å². The van der Waals surface area contributed by atoms with E-state index >= 15 is 0 Å². The van der Waals surface area contributed by atoms with Crippen molar-refractivity contribution in [1.82, 2.24) is 10.3 Å². The smallest absolute Gasteiger partial charge is 0.284 e. The lowest BCUT2D eigenvalue weighted by molar-refractivity contribution is -0.134. The maximum atomic E-state index is 14.8. The van der Waals surface area contributed by atoms with Crippen LogP contribution in [-0.2, 0) is 9.59 Å². The molecule has 3 heterocycles. The lowest BCUT2D eigenvalue weighted by atomic mass is 9.88. The Hall–Kier alpha value is -3.03. The van der Waals surface area contributed by atoms with Gasteiger partial charge in [0, 0.05) is 25.2 Å². The molecule has 8 heteroatoms. The fraction of sp³-hybridized carbons (Fsp3) is 0.409. The van der Waals surface area contributed by atoms with E-state index < -0.39 is 23.1 Å². The van der Waals surface area contributed by atoms with Gasteiger partial charge in [-0.3, -0.25) is 19.7 Å². The highest BCUT2D eigenvalue weighted by Crippen LogP contribution is 2.34. The number of halogens is 2. The number of imide groups is 1. The summed E-state index contributed by atoms with van der Waals surface area (Å²) in [5, 5.41) is 2.30. The second-order valence-corrected chi connectivity index (χ2v) is 8.00. The molecule has 0 saturated carbocycles. The molecule has 1 atom stereocenters. The van der Waals surface area contributed by atoms with Crippen molar-refractivity contribution in [2.75, 3.05) is 18.0 Å². The van der Waals surface area contributed by atoms with E-state index in [0.717, 1.165) is 5.56 Å². The van der Waals surface area contributed by atoms with E-state index in [1.54, 1.807) is 19.1 Å². The summed E-state index contributed by atoms with van der Waals surface area (Å²) in [6.45, 7) is 2.95. The van der Waals surface area contributed by atoms with Gasteiger partial charge in [-0.15, -0.1) is 0 Å². The molecular weight excluding hydrogens is 392 g/mol. The number of anilines is 1. The number of aromatic nitrogens is 1. The lowest BCUT2D eigenvalue weighted by Gasteiger charge is -2.34. The van der Waals surface area contributed by atoms with Gasteiger partial charge in [0.05, 0.1) is 11.6 Å². The molecule has 0 aliphatic carbocycles. The van der Waals surface area contributed by atoms with Crippen LogP contribution in [0, 0.1) is 18.6 Å². The number of nitrogens with zero attached hydrogens (tertiary/aromatic N) is 1. The van der Waals surface area contributed by atoms with Crippen LogP contribution in [0.3, 0.4) is 0 Å². The predicted octanol–water partition coefficient (Wildman–Crippen LogP) is 2.87. The van der Waals surface area contributed by atoms with E-state index in [4.69, 9.17) is 0 Å². The van der Waals surface area contributed by atoms with Gasteiger partial charge < -0.3 is 9.88 Å². The molecular formula is C22H23F2N3O3. The van der Waals surface area contributed by atoms with Gasteiger partial charge in [0.25, 0.3) is 5.56 Å². The van der Waals surface area contributed by atoms with Gasteiger partial charge in [0.15, 0.2) is 5.82 Å². The average Bonchev–Trinajstić information content (AvgIpc) is 2.71. The first-order valence-corrected chi connectivity index (χ1v) is 10.1. The minimum Gasteiger partial charge on any atom is -0.369 e. The predicted molar refractivity (Wildman–Crippen MR) is 107 cm³/mol. The minimum absolute atomic E-state index is 0.0957. The molecule has 1 aromatic heterocycles. The highest BCUT2D eigenvalue weighted by molar-refractivity contribution is 6.00. The summed E-state index contributed by atoms with van der Waals surface area (Å²) in [4.78, 5) is 39.2. The third-order valence-electron chi connectivity index (χ3n) is 6.12. The Balaban J connectivity index is 1.46. The second kappa shape index (κ2) is 8.01. The van der Waals surface area contributed by atoms with Crippen LogP contribution in [0.15, 0.2) is 29.1 Å². The van der Waals surface area contributed by atoms with E-state index in [1.807, 2.05) is 4.90 Å². The zero-order chi connectivity index (χ0) is 21.4. The van der Waals surface area contributed by atoms with Crippen molar-refractivity contribution in [2.24, 2.45) is 0 Å².